The highest BCUT2D eigenvalue weighted by molar-refractivity contribution is 7.15. The zero-order valence-electron chi connectivity index (χ0n) is 13.6. The van der Waals surface area contributed by atoms with E-state index in [0.29, 0.717) is 21.2 Å². The Morgan fingerprint density at radius 1 is 1.21 bits per heavy atom. The molecule has 4 nitrogen and oxygen atoms in total. The van der Waals surface area contributed by atoms with Crippen molar-refractivity contribution < 1.29 is 4.79 Å². The van der Waals surface area contributed by atoms with Crippen LogP contribution in [0.25, 0.3) is 5.57 Å². The molecular weight excluding hydrogens is 318 g/mol. The lowest BCUT2D eigenvalue weighted by atomic mass is 9.91. The molecule has 1 amide bonds. The molecular formula is C19H19N3OS. The standard InChI is InChI=1S/C19H19N3OS/c1-13-17(18(23)22-15-10-6-3-7-11-15)24-19(21-13)16(12-20)14-8-4-2-5-9-14/h3,6-7,10-11H,2,4-5,8-9H2,1H3,(H,22,23). The van der Waals surface area contributed by atoms with Crippen molar-refractivity contribution in [2.45, 2.75) is 39.0 Å². The van der Waals surface area contributed by atoms with Crippen LogP contribution in [0.5, 0.6) is 0 Å². The second kappa shape index (κ2) is 7.41. The van der Waals surface area contributed by atoms with Gasteiger partial charge in [0.15, 0.2) is 0 Å². The fraction of sp³-hybridized carbons (Fsp3) is 0.316. The lowest BCUT2D eigenvalue weighted by Crippen LogP contribution is -2.11. The number of carbonyl (C=O) groups excluding carboxylic acids is 1. The predicted octanol–water partition coefficient (Wildman–Crippen LogP) is 4.95. The van der Waals surface area contributed by atoms with Crippen molar-refractivity contribution in [3.8, 4) is 6.07 Å². The van der Waals surface area contributed by atoms with Gasteiger partial charge in [0, 0.05) is 5.69 Å². The first-order valence-corrected chi connectivity index (χ1v) is 8.97. The van der Waals surface area contributed by atoms with Gasteiger partial charge in [-0.2, -0.15) is 5.26 Å². The first-order chi connectivity index (χ1) is 11.7. The van der Waals surface area contributed by atoms with Crippen LogP contribution in [0.15, 0.2) is 35.9 Å². The molecule has 0 saturated heterocycles. The van der Waals surface area contributed by atoms with Crippen LogP contribution < -0.4 is 5.32 Å². The molecule has 0 radical (unpaired) electrons. The van der Waals surface area contributed by atoms with E-state index in [1.54, 1.807) is 0 Å². The summed E-state index contributed by atoms with van der Waals surface area (Å²) in [6.45, 7) is 1.82. The average molecular weight is 337 g/mol. The number of hydrogen-bond acceptors (Lipinski definition) is 4. The molecule has 3 rings (SSSR count). The second-order valence-electron chi connectivity index (χ2n) is 5.90. The fourth-order valence-corrected chi connectivity index (χ4v) is 3.94. The number of anilines is 1. The summed E-state index contributed by atoms with van der Waals surface area (Å²) in [6, 6.07) is 11.7. The Hall–Kier alpha value is -2.45. The minimum atomic E-state index is -0.173. The molecule has 1 fully saturated rings. The zero-order valence-corrected chi connectivity index (χ0v) is 14.4. The van der Waals surface area contributed by atoms with Crippen LogP contribution in [-0.4, -0.2) is 10.9 Å². The number of benzene rings is 1. The summed E-state index contributed by atoms with van der Waals surface area (Å²) in [4.78, 5) is 17.6. The summed E-state index contributed by atoms with van der Waals surface area (Å²) in [5.74, 6) is -0.173. The van der Waals surface area contributed by atoms with Gasteiger partial charge in [0.25, 0.3) is 5.91 Å². The summed E-state index contributed by atoms with van der Waals surface area (Å²) in [6.07, 6.45) is 5.42. The van der Waals surface area contributed by atoms with Crippen LogP contribution in [0.4, 0.5) is 5.69 Å². The number of aryl methyl sites for hydroxylation is 1. The normalized spacial score (nSPS) is 14.1. The van der Waals surface area contributed by atoms with Gasteiger partial charge in [0.1, 0.15) is 16.0 Å². The molecule has 1 aromatic carbocycles. The number of hydrogen-bond donors (Lipinski definition) is 1. The van der Waals surface area contributed by atoms with Gasteiger partial charge in [-0.1, -0.05) is 24.6 Å². The molecule has 5 heteroatoms. The number of thiazole rings is 1. The van der Waals surface area contributed by atoms with E-state index < -0.39 is 0 Å². The third-order valence-electron chi connectivity index (χ3n) is 4.17. The Labute approximate surface area is 145 Å². The molecule has 2 aromatic rings. The molecule has 24 heavy (non-hydrogen) atoms. The van der Waals surface area contributed by atoms with E-state index in [4.69, 9.17) is 0 Å². The van der Waals surface area contributed by atoms with Gasteiger partial charge in [-0.05, 0) is 50.3 Å². The van der Waals surface area contributed by atoms with Crippen LogP contribution in [0.1, 0.15) is 52.5 Å². The quantitative estimate of drug-likeness (QED) is 0.806. The highest BCUT2D eigenvalue weighted by atomic mass is 32.1. The highest BCUT2D eigenvalue weighted by Crippen LogP contribution is 2.33. The molecule has 1 aromatic heterocycles. The number of allylic oxidation sites excluding steroid dienone is 2. The summed E-state index contributed by atoms with van der Waals surface area (Å²) >= 11 is 1.31. The third kappa shape index (κ3) is 3.55. The van der Waals surface area contributed by atoms with Crippen LogP contribution in [-0.2, 0) is 0 Å². The number of rotatable bonds is 3. The summed E-state index contributed by atoms with van der Waals surface area (Å²) in [5, 5.41) is 13.1. The third-order valence-corrected chi connectivity index (χ3v) is 5.34. The number of nitrogens with zero attached hydrogens (tertiary/aromatic N) is 2. The van der Waals surface area contributed by atoms with Crippen molar-refractivity contribution in [3.63, 3.8) is 0 Å². The van der Waals surface area contributed by atoms with Crippen LogP contribution in [0, 0.1) is 18.3 Å². The van der Waals surface area contributed by atoms with Crippen molar-refractivity contribution in [1.82, 2.24) is 4.98 Å². The SMILES string of the molecule is Cc1nc(C(C#N)=C2CCCCC2)sc1C(=O)Nc1ccccc1. The Kier molecular flexibility index (Phi) is 5.07. The highest BCUT2D eigenvalue weighted by Gasteiger charge is 2.20. The Morgan fingerprint density at radius 3 is 2.58 bits per heavy atom. The first-order valence-electron chi connectivity index (χ1n) is 8.15. The number of para-hydroxylation sites is 1. The minimum absolute atomic E-state index is 0.173. The molecule has 1 aliphatic rings. The number of carbonyl (C=O) groups is 1. The van der Waals surface area contributed by atoms with Crippen molar-refractivity contribution in [2.75, 3.05) is 5.32 Å². The van der Waals surface area contributed by atoms with Crippen LogP contribution in [0.3, 0.4) is 0 Å². The second-order valence-corrected chi connectivity index (χ2v) is 6.90. The molecule has 1 saturated carbocycles. The van der Waals surface area contributed by atoms with Crippen molar-refractivity contribution in [1.29, 1.82) is 5.26 Å². The predicted molar refractivity (Wildman–Crippen MR) is 96.9 cm³/mol. The Morgan fingerprint density at radius 2 is 1.92 bits per heavy atom. The van der Waals surface area contributed by atoms with Gasteiger partial charge < -0.3 is 5.32 Å². The van der Waals surface area contributed by atoms with E-state index in [9.17, 15) is 10.1 Å². The van der Waals surface area contributed by atoms with E-state index in [1.165, 1.54) is 23.3 Å². The smallest absolute Gasteiger partial charge is 0.267 e. The largest absolute Gasteiger partial charge is 0.321 e. The first kappa shape index (κ1) is 16.4. The zero-order chi connectivity index (χ0) is 16.9. The summed E-state index contributed by atoms with van der Waals surface area (Å²) < 4.78 is 0. The molecule has 1 aliphatic carbocycles. The van der Waals surface area contributed by atoms with Crippen molar-refractivity contribution in [2.24, 2.45) is 0 Å². The maximum Gasteiger partial charge on any atom is 0.267 e. The molecule has 0 bridgehead atoms. The topological polar surface area (TPSA) is 65.8 Å². The number of nitrogens with one attached hydrogen (secondary N) is 1. The van der Waals surface area contributed by atoms with Gasteiger partial charge in [0.05, 0.1) is 11.3 Å². The molecule has 0 atom stereocenters. The van der Waals surface area contributed by atoms with Crippen molar-refractivity contribution >= 4 is 28.5 Å². The van der Waals surface area contributed by atoms with Crippen molar-refractivity contribution in [3.05, 3.63) is 51.5 Å². The fourth-order valence-electron chi connectivity index (χ4n) is 2.93. The lowest BCUT2D eigenvalue weighted by Gasteiger charge is -2.14. The maximum absolute atomic E-state index is 12.5. The van der Waals surface area contributed by atoms with E-state index >= 15 is 0 Å². The minimum Gasteiger partial charge on any atom is -0.321 e. The van der Waals surface area contributed by atoms with Gasteiger partial charge >= 0.3 is 0 Å². The van der Waals surface area contributed by atoms with Gasteiger partial charge in [0.2, 0.25) is 0 Å². The molecule has 122 valence electrons. The number of amides is 1. The lowest BCUT2D eigenvalue weighted by molar-refractivity contribution is 0.103. The summed E-state index contributed by atoms with van der Waals surface area (Å²) in [7, 11) is 0. The van der Waals surface area contributed by atoms with E-state index in [2.05, 4.69) is 16.4 Å². The number of aromatic nitrogens is 1. The Bertz CT molecular complexity index is 807. The van der Waals surface area contributed by atoms with E-state index in [1.807, 2.05) is 37.3 Å². The van der Waals surface area contributed by atoms with Gasteiger partial charge in [-0.25, -0.2) is 4.98 Å². The van der Waals surface area contributed by atoms with Crippen LogP contribution in [0.2, 0.25) is 0 Å². The summed E-state index contributed by atoms with van der Waals surface area (Å²) in [5.41, 5.74) is 3.28. The molecule has 0 spiro atoms. The average Bonchev–Trinajstić information content (AvgIpc) is 2.99. The molecule has 0 unspecified atom stereocenters. The van der Waals surface area contributed by atoms with Gasteiger partial charge in [-0.15, -0.1) is 11.3 Å². The van der Waals surface area contributed by atoms with E-state index in [0.717, 1.165) is 31.4 Å². The molecule has 1 heterocycles. The monoisotopic (exact) mass is 337 g/mol. The molecule has 0 aliphatic heterocycles. The van der Waals surface area contributed by atoms with Crippen LogP contribution >= 0.6 is 11.3 Å². The maximum atomic E-state index is 12.5. The number of nitriles is 1. The van der Waals surface area contributed by atoms with Gasteiger partial charge in [-0.3, -0.25) is 4.79 Å². The molecule has 1 N–H and O–H groups in total. The van der Waals surface area contributed by atoms with E-state index in [-0.39, 0.29) is 5.91 Å². The Balaban J connectivity index is 1.87.